The number of rotatable bonds is 4. The number of hydrogen-bond acceptors (Lipinski definition) is 4. The molecule has 0 saturated heterocycles. The molecule has 2 N–H and O–H groups in total. The topological polar surface area (TPSA) is 71.1 Å². The van der Waals surface area contributed by atoms with Gasteiger partial charge in [-0.25, -0.2) is 22.2 Å². The lowest BCUT2D eigenvalue weighted by atomic mass is 10.3. The molecule has 0 saturated carbocycles. The van der Waals surface area contributed by atoms with Crippen molar-refractivity contribution in [1.29, 1.82) is 0 Å². The van der Waals surface area contributed by atoms with Crippen LogP contribution in [-0.2, 0) is 10.0 Å². The lowest BCUT2D eigenvalue weighted by Gasteiger charge is -2.10. The Balaban J connectivity index is 2.37. The van der Waals surface area contributed by atoms with E-state index in [9.17, 15) is 17.2 Å². The van der Waals surface area contributed by atoms with Crippen LogP contribution in [0.3, 0.4) is 0 Å². The van der Waals surface area contributed by atoms with Gasteiger partial charge in [-0.05, 0) is 24.3 Å². The SMILES string of the molecule is CNc1ccc(S(=O)(=O)Nc2c(F)cc(Br)cc2F)cn1. The van der Waals surface area contributed by atoms with Gasteiger partial charge in [0.25, 0.3) is 10.0 Å². The minimum Gasteiger partial charge on any atom is -0.373 e. The summed E-state index contributed by atoms with van der Waals surface area (Å²) in [6.45, 7) is 0. The van der Waals surface area contributed by atoms with Crippen molar-refractivity contribution >= 4 is 37.5 Å². The van der Waals surface area contributed by atoms with Crippen LogP contribution >= 0.6 is 15.9 Å². The maximum Gasteiger partial charge on any atom is 0.263 e. The molecule has 112 valence electrons. The highest BCUT2D eigenvalue weighted by Gasteiger charge is 2.20. The lowest BCUT2D eigenvalue weighted by Crippen LogP contribution is -2.15. The molecule has 9 heteroatoms. The van der Waals surface area contributed by atoms with E-state index in [0.717, 1.165) is 18.3 Å². The van der Waals surface area contributed by atoms with Gasteiger partial charge < -0.3 is 5.32 Å². The Morgan fingerprint density at radius 2 is 1.81 bits per heavy atom. The second-order valence-electron chi connectivity index (χ2n) is 3.98. The lowest BCUT2D eigenvalue weighted by molar-refractivity contribution is 0.581. The first-order valence-corrected chi connectivity index (χ1v) is 7.92. The largest absolute Gasteiger partial charge is 0.373 e. The highest BCUT2D eigenvalue weighted by Crippen LogP contribution is 2.26. The number of aromatic nitrogens is 1. The van der Waals surface area contributed by atoms with Crippen molar-refractivity contribution in [2.75, 3.05) is 17.1 Å². The van der Waals surface area contributed by atoms with E-state index in [1.165, 1.54) is 12.1 Å². The molecule has 0 atom stereocenters. The van der Waals surface area contributed by atoms with Crippen LogP contribution in [0.25, 0.3) is 0 Å². The van der Waals surface area contributed by atoms with Crippen molar-refractivity contribution in [2.24, 2.45) is 0 Å². The van der Waals surface area contributed by atoms with Gasteiger partial charge in [0, 0.05) is 17.7 Å². The zero-order valence-corrected chi connectivity index (χ0v) is 13.1. The van der Waals surface area contributed by atoms with Crippen LogP contribution in [0.15, 0.2) is 39.8 Å². The normalized spacial score (nSPS) is 11.2. The Morgan fingerprint density at radius 3 is 2.29 bits per heavy atom. The second-order valence-corrected chi connectivity index (χ2v) is 6.58. The fourth-order valence-corrected chi connectivity index (χ4v) is 2.94. The molecular formula is C12H10BrF2N3O2S. The minimum absolute atomic E-state index is 0.167. The summed E-state index contributed by atoms with van der Waals surface area (Å²) in [7, 11) is -2.51. The van der Waals surface area contributed by atoms with Gasteiger partial charge in [0.05, 0.1) is 0 Å². The molecule has 1 aromatic carbocycles. The Kier molecular flexibility index (Phi) is 4.43. The second kappa shape index (κ2) is 5.94. The highest BCUT2D eigenvalue weighted by atomic mass is 79.9. The summed E-state index contributed by atoms with van der Waals surface area (Å²) in [5.74, 6) is -1.58. The van der Waals surface area contributed by atoms with Crippen molar-refractivity contribution in [3.05, 3.63) is 46.6 Å². The van der Waals surface area contributed by atoms with Crippen molar-refractivity contribution in [2.45, 2.75) is 4.90 Å². The summed E-state index contributed by atoms with van der Waals surface area (Å²) in [4.78, 5) is 3.63. The van der Waals surface area contributed by atoms with Crippen LogP contribution in [-0.4, -0.2) is 20.4 Å². The van der Waals surface area contributed by atoms with Gasteiger partial charge in [0.15, 0.2) is 11.6 Å². The quantitative estimate of drug-likeness (QED) is 0.858. The molecule has 1 aromatic heterocycles. The summed E-state index contributed by atoms with van der Waals surface area (Å²) < 4.78 is 53.5. The molecule has 0 unspecified atom stereocenters. The van der Waals surface area contributed by atoms with Crippen molar-refractivity contribution in [1.82, 2.24) is 4.98 Å². The number of sulfonamides is 1. The predicted octanol–water partition coefficient (Wildman–Crippen LogP) is 2.96. The summed E-state index contributed by atoms with van der Waals surface area (Å²) in [6, 6.07) is 4.63. The van der Waals surface area contributed by atoms with E-state index in [2.05, 4.69) is 26.2 Å². The molecule has 0 aliphatic carbocycles. The number of pyridine rings is 1. The van der Waals surface area contributed by atoms with E-state index in [1.54, 1.807) is 7.05 Å². The number of benzene rings is 1. The molecule has 0 amide bonds. The molecule has 5 nitrogen and oxygen atoms in total. The van der Waals surface area contributed by atoms with Gasteiger partial charge in [0.2, 0.25) is 0 Å². The van der Waals surface area contributed by atoms with Crippen molar-refractivity contribution in [3.8, 4) is 0 Å². The average Bonchev–Trinajstić information content (AvgIpc) is 2.43. The first-order valence-electron chi connectivity index (χ1n) is 5.64. The number of halogens is 3. The van der Waals surface area contributed by atoms with Crippen LogP contribution in [0, 0.1) is 11.6 Å². The molecule has 2 rings (SSSR count). The van der Waals surface area contributed by atoms with E-state index in [4.69, 9.17) is 0 Å². The third-order valence-corrected chi connectivity index (χ3v) is 4.34. The van der Waals surface area contributed by atoms with Gasteiger partial charge in [0.1, 0.15) is 16.4 Å². The summed E-state index contributed by atoms with van der Waals surface area (Å²) >= 11 is 2.91. The Morgan fingerprint density at radius 1 is 1.19 bits per heavy atom. The van der Waals surface area contributed by atoms with Crippen LogP contribution < -0.4 is 10.0 Å². The fourth-order valence-electron chi connectivity index (χ4n) is 1.52. The van der Waals surface area contributed by atoms with Crippen molar-refractivity contribution < 1.29 is 17.2 Å². The Bertz CT molecular complexity index is 744. The third-order valence-electron chi connectivity index (χ3n) is 2.55. The maximum absolute atomic E-state index is 13.7. The zero-order valence-electron chi connectivity index (χ0n) is 10.7. The number of anilines is 2. The maximum atomic E-state index is 13.7. The molecule has 2 aromatic rings. The molecule has 0 bridgehead atoms. The first kappa shape index (κ1) is 15.6. The predicted molar refractivity (Wildman–Crippen MR) is 78.7 cm³/mol. The van der Waals surface area contributed by atoms with E-state index in [0.29, 0.717) is 5.82 Å². The van der Waals surface area contributed by atoms with Crippen LogP contribution in [0.1, 0.15) is 0 Å². The summed E-state index contributed by atoms with van der Waals surface area (Å²) in [5, 5.41) is 2.73. The number of nitrogens with one attached hydrogen (secondary N) is 2. The van der Waals surface area contributed by atoms with E-state index in [1.807, 2.05) is 4.72 Å². The molecule has 0 aliphatic rings. The third kappa shape index (κ3) is 3.48. The monoisotopic (exact) mass is 377 g/mol. The zero-order chi connectivity index (χ0) is 15.6. The molecular weight excluding hydrogens is 368 g/mol. The molecule has 0 fully saturated rings. The van der Waals surface area contributed by atoms with Crippen molar-refractivity contribution in [3.63, 3.8) is 0 Å². The fraction of sp³-hybridized carbons (Fsp3) is 0.0833. The Labute approximate surface area is 128 Å². The van der Waals surface area contributed by atoms with Gasteiger partial charge in [-0.2, -0.15) is 0 Å². The number of nitrogens with zero attached hydrogens (tertiary/aromatic N) is 1. The highest BCUT2D eigenvalue weighted by molar-refractivity contribution is 9.10. The van der Waals surface area contributed by atoms with E-state index < -0.39 is 27.3 Å². The van der Waals surface area contributed by atoms with Crippen LogP contribution in [0.5, 0.6) is 0 Å². The van der Waals surface area contributed by atoms with Gasteiger partial charge in [-0.15, -0.1) is 0 Å². The van der Waals surface area contributed by atoms with Gasteiger partial charge in [-0.3, -0.25) is 4.72 Å². The van der Waals surface area contributed by atoms with E-state index in [-0.39, 0.29) is 9.37 Å². The van der Waals surface area contributed by atoms with E-state index >= 15 is 0 Å². The molecule has 1 heterocycles. The van der Waals surface area contributed by atoms with Gasteiger partial charge in [-0.1, -0.05) is 15.9 Å². The molecule has 21 heavy (non-hydrogen) atoms. The van der Waals surface area contributed by atoms with Crippen LogP contribution in [0.4, 0.5) is 20.3 Å². The molecule has 0 spiro atoms. The summed E-state index contributed by atoms with van der Waals surface area (Å²) in [6.07, 6.45) is 1.09. The van der Waals surface area contributed by atoms with Crippen LogP contribution in [0.2, 0.25) is 0 Å². The average molecular weight is 378 g/mol. The standard InChI is InChI=1S/C12H10BrF2N3O2S/c1-16-11-3-2-8(6-17-11)21(19,20)18-12-9(14)4-7(13)5-10(12)15/h2-6,18H,1H3,(H,16,17). The first-order chi connectivity index (χ1) is 9.83. The number of hydrogen-bond donors (Lipinski definition) is 2. The smallest absolute Gasteiger partial charge is 0.263 e. The summed E-state index contributed by atoms with van der Waals surface area (Å²) in [5.41, 5.74) is -0.740. The Hall–Kier alpha value is -1.74. The molecule has 0 radical (unpaired) electrons. The minimum atomic E-state index is -4.13. The molecule has 0 aliphatic heterocycles. The van der Waals surface area contributed by atoms with Gasteiger partial charge >= 0.3 is 0 Å².